The number of rotatable bonds is 4. The van der Waals surface area contributed by atoms with Crippen LogP contribution in [0.1, 0.15) is 25.3 Å². The van der Waals surface area contributed by atoms with E-state index in [9.17, 15) is 5.11 Å². The van der Waals surface area contributed by atoms with Crippen LogP contribution < -0.4 is 0 Å². The Morgan fingerprint density at radius 1 is 1.25 bits per heavy atom. The fourth-order valence-corrected chi connectivity index (χ4v) is 2.45. The summed E-state index contributed by atoms with van der Waals surface area (Å²) in [6.07, 6.45) is 2.41. The SMILES string of the molecule is CC1CC(OCc2ccccc2)CC1CO. The molecule has 1 N–H and O–H groups in total. The second-order valence-corrected chi connectivity index (χ2v) is 4.81. The Morgan fingerprint density at radius 3 is 2.62 bits per heavy atom. The van der Waals surface area contributed by atoms with Gasteiger partial charge in [-0.3, -0.25) is 0 Å². The molecule has 2 heteroatoms. The molecule has 1 aromatic rings. The number of ether oxygens (including phenoxy) is 1. The van der Waals surface area contributed by atoms with Crippen molar-refractivity contribution in [1.82, 2.24) is 0 Å². The van der Waals surface area contributed by atoms with Crippen LogP contribution in [-0.4, -0.2) is 17.8 Å². The minimum Gasteiger partial charge on any atom is -0.396 e. The molecular weight excluding hydrogens is 200 g/mol. The maximum Gasteiger partial charge on any atom is 0.0720 e. The third-order valence-electron chi connectivity index (χ3n) is 3.57. The minimum atomic E-state index is 0.298. The summed E-state index contributed by atoms with van der Waals surface area (Å²) in [5, 5.41) is 9.18. The van der Waals surface area contributed by atoms with Crippen molar-refractivity contribution in [1.29, 1.82) is 0 Å². The Hall–Kier alpha value is -0.860. The normalized spacial score (nSPS) is 29.5. The first-order valence-electron chi connectivity index (χ1n) is 6.06. The summed E-state index contributed by atoms with van der Waals surface area (Å²) in [6, 6.07) is 10.3. The van der Waals surface area contributed by atoms with Crippen molar-refractivity contribution in [3.05, 3.63) is 35.9 Å². The first kappa shape index (κ1) is 11.6. The van der Waals surface area contributed by atoms with E-state index in [4.69, 9.17) is 4.74 Å². The molecule has 3 atom stereocenters. The van der Waals surface area contributed by atoms with Gasteiger partial charge in [0.25, 0.3) is 0 Å². The van der Waals surface area contributed by atoms with Crippen LogP contribution in [0.5, 0.6) is 0 Å². The fourth-order valence-electron chi connectivity index (χ4n) is 2.45. The van der Waals surface area contributed by atoms with Gasteiger partial charge in [-0.05, 0) is 30.2 Å². The van der Waals surface area contributed by atoms with Crippen LogP contribution in [0.15, 0.2) is 30.3 Å². The summed E-state index contributed by atoms with van der Waals surface area (Å²) in [5.74, 6) is 1.02. The lowest BCUT2D eigenvalue weighted by Gasteiger charge is -2.11. The van der Waals surface area contributed by atoms with Gasteiger partial charge >= 0.3 is 0 Å². The molecule has 2 rings (SSSR count). The molecule has 1 saturated carbocycles. The Balaban J connectivity index is 1.80. The molecule has 3 unspecified atom stereocenters. The van der Waals surface area contributed by atoms with Crippen LogP contribution >= 0.6 is 0 Å². The van der Waals surface area contributed by atoms with Gasteiger partial charge in [0.05, 0.1) is 12.7 Å². The second kappa shape index (κ2) is 5.46. The van der Waals surface area contributed by atoms with Crippen LogP contribution in [0.2, 0.25) is 0 Å². The van der Waals surface area contributed by atoms with Crippen LogP contribution in [0.3, 0.4) is 0 Å². The Bertz CT molecular complexity index is 310. The lowest BCUT2D eigenvalue weighted by molar-refractivity contribution is 0.0400. The standard InChI is InChI=1S/C14H20O2/c1-11-7-14(8-13(11)9-15)16-10-12-5-3-2-4-6-12/h2-6,11,13-15H,7-10H2,1H3. The maximum atomic E-state index is 9.18. The summed E-state index contributed by atoms with van der Waals surface area (Å²) < 4.78 is 5.88. The third kappa shape index (κ3) is 2.83. The van der Waals surface area contributed by atoms with E-state index < -0.39 is 0 Å². The molecular formula is C14H20O2. The topological polar surface area (TPSA) is 29.5 Å². The van der Waals surface area contributed by atoms with Gasteiger partial charge < -0.3 is 9.84 Å². The molecule has 1 aliphatic carbocycles. The van der Waals surface area contributed by atoms with E-state index in [1.165, 1.54) is 5.56 Å². The first-order chi connectivity index (χ1) is 7.79. The average molecular weight is 220 g/mol. The smallest absolute Gasteiger partial charge is 0.0720 e. The molecule has 1 aliphatic rings. The van der Waals surface area contributed by atoms with E-state index in [1.807, 2.05) is 18.2 Å². The van der Waals surface area contributed by atoms with Gasteiger partial charge in [-0.1, -0.05) is 37.3 Å². The highest BCUT2D eigenvalue weighted by atomic mass is 16.5. The molecule has 0 bridgehead atoms. The average Bonchev–Trinajstić information content (AvgIpc) is 2.69. The van der Waals surface area contributed by atoms with Gasteiger partial charge in [-0.25, -0.2) is 0 Å². The summed E-state index contributed by atoms with van der Waals surface area (Å²) in [7, 11) is 0. The molecule has 16 heavy (non-hydrogen) atoms. The summed E-state index contributed by atoms with van der Waals surface area (Å²) in [6.45, 7) is 3.19. The van der Waals surface area contributed by atoms with E-state index in [0.29, 0.717) is 31.2 Å². The van der Waals surface area contributed by atoms with E-state index in [2.05, 4.69) is 19.1 Å². The van der Waals surface area contributed by atoms with Gasteiger partial charge in [0.15, 0.2) is 0 Å². The van der Waals surface area contributed by atoms with E-state index in [-0.39, 0.29) is 0 Å². The number of aliphatic hydroxyl groups is 1. The Labute approximate surface area is 97.3 Å². The molecule has 0 amide bonds. The zero-order chi connectivity index (χ0) is 11.4. The predicted molar refractivity (Wildman–Crippen MR) is 64.0 cm³/mol. The number of benzene rings is 1. The van der Waals surface area contributed by atoms with Gasteiger partial charge in [0, 0.05) is 6.61 Å². The van der Waals surface area contributed by atoms with Gasteiger partial charge in [-0.2, -0.15) is 0 Å². The number of hydrogen-bond acceptors (Lipinski definition) is 2. The summed E-state index contributed by atoms with van der Waals surface area (Å²) >= 11 is 0. The molecule has 1 fully saturated rings. The molecule has 0 radical (unpaired) electrons. The monoisotopic (exact) mass is 220 g/mol. The van der Waals surface area contributed by atoms with Crippen LogP contribution in [-0.2, 0) is 11.3 Å². The predicted octanol–water partition coefficient (Wildman–Crippen LogP) is 2.61. The van der Waals surface area contributed by atoms with Crippen LogP contribution in [0.4, 0.5) is 0 Å². The van der Waals surface area contributed by atoms with Crippen LogP contribution in [0, 0.1) is 11.8 Å². The first-order valence-corrected chi connectivity index (χ1v) is 6.06. The van der Waals surface area contributed by atoms with Crippen molar-refractivity contribution >= 4 is 0 Å². The largest absolute Gasteiger partial charge is 0.396 e. The molecule has 1 aromatic carbocycles. The highest BCUT2D eigenvalue weighted by Gasteiger charge is 2.31. The molecule has 0 saturated heterocycles. The lowest BCUT2D eigenvalue weighted by Crippen LogP contribution is -2.10. The minimum absolute atomic E-state index is 0.298. The summed E-state index contributed by atoms with van der Waals surface area (Å²) in [5.41, 5.74) is 1.22. The van der Waals surface area contributed by atoms with E-state index in [1.54, 1.807) is 0 Å². The van der Waals surface area contributed by atoms with Gasteiger partial charge in [-0.15, -0.1) is 0 Å². The fraction of sp³-hybridized carbons (Fsp3) is 0.571. The molecule has 0 spiro atoms. The molecule has 2 nitrogen and oxygen atoms in total. The van der Waals surface area contributed by atoms with Crippen molar-refractivity contribution in [2.24, 2.45) is 11.8 Å². The highest BCUT2D eigenvalue weighted by Crippen LogP contribution is 2.33. The Kier molecular flexibility index (Phi) is 3.97. The van der Waals surface area contributed by atoms with Crippen molar-refractivity contribution < 1.29 is 9.84 Å². The zero-order valence-corrected chi connectivity index (χ0v) is 9.80. The van der Waals surface area contributed by atoms with Crippen LogP contribution in [0.25, 0.3) is 0 Å². The second-order valence-electron chi connectivity index (χ2n) is 4.81. The highest BCUT2D eigenvalue weighted by molar-refractivity contribution is 5.13. The third-order valence-corrected chi connectivity index (χ3v) is 3.57. The number of hydrogen-bond donors (Lipinski definition) is 1. The van der Waals surface area contributed by atoms with E-state index >= 15 is 0 Å². The molecule has 0 heterocycles. The van der Waals surface area contributed by atoms with Crippen molar-refractivity contribution in [3.8, 4) is 0 Å². The summed E-state index contributed by atoms with van der Waals surface area (Å²) in [4.78, 5) is 0. The van der Waals surface area contributed by atoms with Crippen molar-refractivity contribution in [2.45, 2.75) is 32.5 Å². The van der Waals surface area contributed by atoms with Crippen molar-refractivity contribution in [2.75, 3.05) is 6.61 Å². The molecule has 0 aromatic heterocycles. The maximum absolute atomic E-state index is 9.18. The molecule has 0 aliphatic heterocycles. The van der Waals surface area contributed by atoms with Crippen molar-refractivity contribution in [3.63, 3.8) is 0 Å². The van der Waals surface area contributed by atoms with E-state index in [0.717, 1.165) is 12.8 Å². The molecule has 88 valence electrons. The number of aliphatic hydroxyl groups excluding tert-OH is 1. The zero-order valence-electron chi connectivity index (χ0n) is 9.80. The Morgan fingerprint density at radius 2 is 2.00 bits per heavy atom. The quantitative estimate of drug-likeness (QED) is 0.845. The van der Waals surface area contributed by atoms with Gasteiger partial charge in [0.1, 0.15) is 0 Å². The van der Waals surface area contributed by atoms with Gasteiger partial charge in [0.2, 0.25) is 0 Å². The lowest BCUT2D eigenvalue weighted by atomic mass is 10.00.